The van der Waals surface area contributed by atoms with E-state index in [-0.39, 0.29) is 10.8 Å². The molecule has 2 N–H and O–H groups in total. The smallest absolute Gasteiger partial charge is 0.0400 e. The Bertz CT molecular complexity index is 895. The van der Waals surface area contributed by atoms with Crippen molar-refractivity contribution in [3.8, 4) is 0 Å². The normalized spacial score (nSPS) is 11.9. The second-order valence-corrected chi connectivity index (χ2v) is 9.84. The molecule has 0 aliphatic rings. The summed E-state index contributed by atoms with van der Waals surface area (Å²) in [5.74, 6) is 0. The summed E-state index contributed by atoms with van der Waals surface area (Å²) >= 11 is 0. The van der Waals surface area contributed by atoms with Crippen LogP contribution >= 0.6 is 0 Å². The van der Waals surface area contributed by atoms with Crippen molar-refractivity contribution >= 4 is 17.1 Å². The first-order valence-electron chi connectivity index (χ1n) is 10.4. The fraction of sp³-hybridized carbons (Fsp3) is 0.333. The zero-order valence-corrected chi connectivity index (χ0v) is 18.6. The van der Waals surface area contributed by atoms with E-state index in [0.29, 0.717) is 0 Å². The minimum Gasteiger partial charge on any atom is -0.381 e. The minimum absolute atomic E-state index is 0.140. The van der Waals surface area contributed by atoms with Gasteiger partial charge in [-0.15, -0.1) is 0 Å². The molecule has 3 aromatic carbocycles. The summed E-state index contributed by atoms with van der Waals surface area (Å²) in [6, 6.07) is 25.8. The minimum atomic E-state index is 0.140. The van der Waals surface area contributed by atoms with Crippen LogP contribution in [0.4, 0.5) is 17.1 Å². The van der Waals surface area contributed by atoms with E-state index < -0.39 is 0 Å². The topological polar surface area (TPSA) is 24.1 Å². The van der Waals surface area contributed by atoms with Crippen LogP contribution in [0.25, 0.3) is 0 Å². The highest BCUT2D eigenvalue weighted by Gasteiger charge is 2.20. The monoisotopic (exact) mass is 386 g/mol. The van der Waals surface area contributed by atoms with Crippen LogP contribution in [0.2, 0.25) is 0 Å². The molecule has 152 valence electrons. The maximum absolute atomic E-state index is 3.58. The van der Waals surface area contributed by atoms with Gasteiger partial charge in [0, 0.05) is 23.6 Å². The first-order valence-corrected chi connectivity index (χ1v) is 10.4. The molecule has 0 heterocycles. The Balaban J connectivity index is 1.72. The predicted molar refractivity (Wildman–Crippen MR) is 127 cm³/mol. The van der Waals surface area contributed by atoms with Gasteiger partial charge < -0.3 is 10.6 Å². The maximum atomic E-state index is 3.58. The molecule has 3 rings (SSSR count). The second kappa shape index (κ2) is 8.32. The zero-order chi connectivity index (χ0) is 21.1. The molecule has 0 radical (unpaired) electrons. The van der Waals surface area contributed by atoms with Gasteiger partial charge in [-0.1, -0.05) is 77.9 Å². The Morgan fingerprint density at radius 1 is 0.586 bits per heavy atom. The maximum Gasteiger partial charge on any atom is 0.0400 e. The average molecular weight is 387 g/mol. The van der Waals surface area contributed by atoms with E-state index in [1.165, 1.54) is 16.7 Å². The van der Waals surface area contributed by atoms with Crippen LogP contribution in [0.3, 0.4) is 0 Å². The summed E-state index contributed by atoms with van der Waals surface area (Å²) in [6.45, 7) is 14.5. The lowest BCUT2D eigenvalue weighted by molar-refractivity contribution is 0.567. The van der Waals surface area contributed by atoms with Crippen molar-refractivity contribution in [2.45, 2.75) is 58.9 Å². The highest BCUT2D eigenvalue weighted by atomic mass is 14.9. The summed E-state index contributed by atoms with van der Waals surface area (Å²) in [5, 5.41) is 7.01. The fourth-order valence-electron chi connectivity index (χ4n) is 3.22. The zero-order valence-electron chi connectivity index (χ0n) is 18.6. The van der Waals surface area contributed by atoms with Gasteiger partial charge in [0.25, 0.3) is 0 Å². The molecule has 2 heteroatoms. The first kappa shape index (κ1) is 21.0. The van der Waals surface area contributed by atoms with Crippen LogP contribution < -0.4 is 10.6 Å². The van der Waals surface area contributed by atoms with E-state index in [2.05, 4.69) is 107 Å². The Morgan fingerprint density at radius 2 is 1.07 bits per heavy atom. The Hall–Kier alpha value is -2.74. The van der Waals surface area contributed by atoms with E-state index in [1.807, 2.05) is 18.2 Å². The van der Waals surface area contributed by atoms with Gasteiger partial charge in [0.1, 0.15) is 0 Å². The lowest BCUT2D eigenvalue weighted by Crippen LogP contribution is -2.17. The van der Waals surface area contributed by atoms with Gasteiger partial charge in [-0.25, -0.2) is 0 Å². The summed E-state index contributed by atoms with van der Waals surface area (Å²) in [7, 11) is 0. The van der Waals surface area contributed by atoms with Gasteiger partial charge in [-0.3, -0.25) is 0 Å². The molecule has 0 aromatic heterocycles. The molecule has 0 saturated carbocycles. The van der Waals surface area contributed by atoms with Crippen LogP contribution in [-0.4, -0.2) is 0 Å². The third kappa shape index (κ3) is 5.87. The lowest BCUT2D eigenvalue weighted by Gasteiger charge is -2.26. The van der Waals surface area contributed by atoms with E-state index >= 15 is 0 Å². The largest absolute Gasteiger partial charge is 0.381 e. The van der Waals surface area contributed by atoms with E-state index in [9.17, 15) is 0 Å². The van der Waals surface area contributed by atoms with Crippen molar-refractivity contribution in [2.24, 2.45) is 0 Å². The van der Waals surface area contributed by atoms with Crippen molar-refractivity contribution in [3.05, 3.63) is 89.5 Å². The van der Waals surface area contributed by atoms with Gasteiger partial charge in [-0.2, -0.15) is 0 Å². The molecule has 0 aliphatic carbocycles. The van der Waals surface area contributed by atoms with Crippen molar-refractivity contribution < 1.29 is 0 Å². The van der Waals surface area contributed by atoms with Gasteiger partial charge in [-0.05, 0) is 63.9 Å². The Labute approximate surface area is 176 Å². The quantitative estimate of drug-likeness (QED) is 0.471. The number of hydrogen-bond donors (Lipinski definition) is 2. The number of rotatable bonds is 5. The highest BCUT2D eigenvalue weighted by molar-refractivity contribution is 5.62. The number of nitrogens with one attached hydrogen (secondary N) is 2. The van der Waals surface area contributed by atoms with E-state index in [1.54, 1.807) is 0 Å². The van der Waals surface area contributed by atoms with Crippen LogP contribution in [0, 0.1) is 0 Å². The first-order chi connectivity index (χ1) is 13.6. The van der Waals surface area contributed by atoms with Crippen LogP contribution in [0.1, 0.15) is 58.2 Å². The van der Waals surface area contributed by atoms with Crippen molar-refractivity contribution in [1.29, 1.82) is 0 Å². The van der Waals surface area contributed by atoms with Crippen molar-refractivity contribution in [1.82, 2.24) is 0 Å². The lowest BCUT2D eigenvalue weighted by atomic mass is 9.79. The SMILES string of the molecule is CC(C)(C)c1cc(CNc2ccc(Nc3ccccc3)cc2)cc(C(C)(C)C)c1. The van der Waals surface area contributed by atoms with Gasteiger partial charge >= 0.3 is 0 Å². The van der Waals surface area contributed by atoms with Crippen LogP contribution in [-0.2, 0) is 17.4 Å². The molecular formula is C27H34N2. The molecule has 0 aliphatic heterocycles. The second-order valence-electron chi connectivity index (χ2n) is 9.84. The standard InChI is InChI=1S/C27H34N2/c1-26(2,3)21-16-20(17-22(18-21)27(4,5)6)19-28-23-12-14-25(15-13-23)29-24-10-8-7-9-11-24/h7-18,28-29H,19H2,1-6H3. The molecule has 0 fully saturated rings. The summed E-state index contributed by atoms with van der Waals surface area (Å²) in [5.41, 5.74) is 7.71. The van der Waals surface area contributed by atoms with E-state index in [0.717, 1.165) is 23.6 Å². The van der Waals surface area contributed by atoms with Crippen LogP contribution in [0.5, 0.6) is 0 Å². The van der Waals surface area contributed by atoms with Gasteiger partial charge in [0.05, 0.1) is 0 Å². The van der Waals surface area contributed by atoms with E-state index in [4.69, 9.17) is 0 Å². The van der Waals surface area contributed by atoms with Gasteiger partial charge in [0.2, 0.25) is 0 Å². The summed E-state index contributed by atoms with van der Waals surface area (Å²) in [4.78, 5) is 0. The molecule has 2 nitrogen and oxygen atoms in total. The number of benzene rings is 3. The Morgan fingerprint density at radius 3 is 1.59 bits per heavy atom. The van der Waals surface area contributed by atoms with Crippen molar-refractivity contribution in [2.75, 3.05) is 10.6 Å². The molecular weight excluding hydrogens is 352 g/mol. The predicted octanol–water partition coefficient (Wildman–Crippen LogP) is 7.64. The molecule has 0 spiro atoms. The highest BCUT2D eigenvalue weighted by Crippen LogP contribution is 2.30. The Kier molecular flexibility index (Phi) is 6.02. The average Bonchev–Trinajstić information content (AvgIpc) is 2.67. The molecule has 0 amide bonds. The summed E-state index contributed by atoms with van der Waals surface area (Å²) in [6.07, 6.45) is 0. The number of hydrogen-bond acceptors (Lipinski definition) is 2. The van der Waals surface area contributed by atoms with Crippen LogP contribution in [0.15, 0.2) is 72.8 Å². The number of anilines is 3. The van der Waals surface area contributed by atoms with Gasteiger partial charge in [0.15, 0.2) is 0 Å². The van der Waals surface area contributed by atoms with Crippen molar-refractivity contribution in [3.63, 3.8) is 0 Å². The molecule has 0 atom stereocenters. The fourth-order valence-corrected chi connectivity index (χ4v) is 3.22. The molecule has 0 bridgehead atoms. The third-order valence-corrected chi connectivity index (χ3v) is 5.17. The number of para-hydroxylation sites is 1. The molecule has 3 aromatic rings. The molecule has 0 unspecified atom stereocenters. The third-order valence-electron chi connectivity index (χ3n) is 5.17. The molecule has 0 saturated heterocycles. The summed E-state index contributed by atoms with van der Waals surface area (Å²) < 4.78 is 0. The molecule has 29 heavy (non-hydrogen) atoms.